The largest absolute Gasteiger partial charge is 0.481 e. The van der Waals surface area contributed by atoms with Crippen LogP contribution in [-0.4, -0.2) is 29.3 Å². The molecule has 6 heteroatoms. The van der Waals surface area contributed by atoms with E-state index in [2.05, 4.69) is 0 Å². The van der Waals surface area contributed by atoms with E-state index in [1.165, 1.54) is 0 Å². The van der Waals surface area contributed by atoms with Gasteiger partial charge in [0.1, 0.15) is 5.60 Å². The van der Waals surface area contributed by atoms with Crippen LogP contribution in [0.4, 0.5) is 16.2 Å². The SMILES string of the molecule is Nc1ccc(N2CC3(CCC(C(=O)O)CC3)OC2=O)cc1. The molecule has 1 aliphatic heterocycles. The van der Waals surface area contributed by atoms with E-state index in [9.17, 15) is 9.59 Å². The fraction of sp³-hybridized carbons (Fsp3) is 0.467. The van der Waals surface area contributed by atoms with E-state index in [1.54, 1.807) is 29.2 Å². The van der Waals surface area contributed by atoms with Crippen molar-refractivity contribution in [1.29, 1.82) is 0 Å². The topological polar surface area (TPSA) is 92.9 Å². The molecular weight excluding hydrogens is 272 g/mol. The minimum Gasteiger partial charge on any atom is -0.481 e. The average Bonchev–Trinajstić information content (AvgIpc) is 2.77. The number of hydrogen-bond donors (Lipinski definition) is 2. The normalized spacial score (nSPS) is 28.7. The molecule has 2 fully saturated rings. The second-order valence-electron chi connectivity index (χ2n) is 5.84. The van der Waals surface area contributed by atoms with Crippen molar-refractivity contribution in [2.75, 3.05) is 17.2 Å². The standard InChI is InChI=1S/C15H18N2O4/c16-11-1-3-12(4-2-11)17-9-15(21-14(17)20)7-5-10(6-8-15)13(18)19/h1-4,10H,5-9,16H2,(H,18,19). The van der Waals surface area contributed by atoms with Gasteiger partial charge >= 0.3 is 12.1 Å². The van der Waals surface area contributed by atoms with Crippen LogP contribution < -0.4 is 10.6 Å². The second-order valence-corrected chi connectivity index (χ2v) is 5.84. The molecule has 1 amide bonds. The Bertz CT molecular complexity index is 562. The minimum absolute atomic E-state index is 0.320. The Morgan fingerprint density at radius 3 is 2.48 bits per heavy atom. The van der Waals surface area contributed by atoms with Crippen molar-refractivity contribution in [2.24, 2.45) is 5.92 Å². The van der Waals surface area contributed by atoms with Gasteiger partial charge in [0, 0.05) is 11.4 Å². The van der Waals surface area contributed by atoms with Crippen LogP contribution in [0, 0.1) is 5.92 Å². The summed E-state index contributed by atoms with van der Waals surface area (Å²) in [5, 5.41) is 9.05. The number of carbonyl (C=O) groups excluding carboxylic acids is 1. The lowest BCUT2D eigenvalue weighted by Gasteiger charge is -2.33. The number of carbonyl (C=O) groups is 2. The zero-order chi connectivity index (χ0) is 15.0. The van der Waals surface area contributed by atoms with Crippen molar-refractivity contribution < 1.29 is 19.4 Å². The first-order valence-corrected chi connectivity index (χ1v) is 7.08. The number of ether oxygens (including phenoxy) is 1. The molecule has 1 saturated heterocycles. The highest BCUT2D eigenvalue weighted by Crippen LogP contribution is 2.40. The van der Waals surface area contributed by atoms with Gasteiger partial charge in [-0.15, -0.1) is 0 Å². The van der Waals surface area contributed by atoms with Gasteiger partial charge in [-0.2, -0.15) is 0 Å². The predicted octanol–water partition coefficient (Wildman–Crippen LogP) is 2.24. The first kappa shape index (κ1) is 13.7. The lowest BCUT2D eigenvalue weighted by atomic mass is 9.79. The van der Waals surface area contributed by atoms with Gasteiger partial charge in [-0.1, -0.05) is 0 Å². The Morgan fingerprint density at radius 1 is 1.29 bits per heavy atom. The summed E-state index contributed by atoms with van der Waals surface area (Å²) >= 11 is 0. The molecule has 3 N–H and O–H groups in total. The minimum atomic E-state index is -0.760. The molecule has 0 atom stereocenters. The molecule has 1 spiro atoms. The van der Waals surface area contributed by atoms with E-state index < -0.39 is 11.6 Å². The molecule has 3 rings (SSSR count). The van der Waals surface area contributed by atoms with Crippen LogP contribution >= 0.6 is 0 Å². The van der Waals surface area contributed by atoms with Crippen molar-refractivity contribution in [3.05, 3.63) is 24.3 Å². The number of benzene rings is 1. The maximum atomic E-state index is 12.1. The number of aliphatic carboxylic acids is 1. The maximum absolute atomic E-state index is 12.1. The van der Waals surface area contributed by atoms with Crippen molar-refractivity contribution in [2.45, 2.75) is 31.3 Å². The lowest BCUT2D eigenvalue weighted by molar-refractivity contribution is -0.144. The van der Waals surface area contributed by atoms with Crippen LogP contribution in [0.25, 0.3) is 0 Å². The zero-order valence-corrected chi connectivity index (χ0v) is 11.6. The Kier molecular flexibility index (Phi) is 3.23. The van der Waals surface area contributed by atoms with E-state index in [0.717, 1.165) is 5.69 Å². The quantitative estimate of drug-likeness (QED) is 0.815. The first-order valence-electron chi connectivity index (χ1n) is 7.08. The van der Waals surface area contributed by atoms with Gasteiger partial charge in [0.2, 0.25) is 0 Å². The van der Waals surface area contributed by atoms with Gasteiger partial charge in [0.05, 0.1) is 12.5 Å². The fourth-order valence-corrected chi connectivity index (χ4v) is 3.13. The van der Waals surface area contributed by atoms with Crippen LogP contribution in [-0.2, 0) is 9.53 Å². The van der Waals surface area contributed by atoms with Crippen molar-refractivity contribution in [1.82, 2.24) is 0 Å². The number of nitrogens with two attached hydrogens (primary N) is 1. The number of nitrogens with zero attached hydrogens (tertiary/aromatic N) is 1. The van der Waals surface area contributed by atoms with Gasteiger partial charge in [-0.3, -0.25) is 9.69 Å². The third kappa shape index (κ3) is 2.53. The molecule has 0 bridgehead atoms. The first-order chi connectivity index (χ1) is 9.99. The molecule has 1 heterocycles. The highest BCUT2D eigenvalue weighted by atomic mass is 16.6. The number of carboxylic acids is 1. The van der Waals surface area contributed by atoms with Gasteiger partial charge in [0.25, 0.3) is 0 Å². The third-order valence-corrected chi connectivity index (χ3v) is 4.42. The van der Waals surface area contributed by atoms with Gasteiger partial charge in [0.15, 0.2) is 0 Å². The lowest BCUT2D eigenvalue weighted by Crippen LogP contribution is -2.40. The molecule has 1 aromatic rings. The molecular formula is C15H18N2O4. The Balaban J connectivity index is 1.73. The Morgan fingerprint density at radius 2 is 1.90 bits per heavy atom. The highest BCUT2D eigenvalue weighted by molar-refractivity contribution is 5.90. The van der Waals surface area contributed by atoms with Crippen molar-refractivity contribution in [3.8, 4) is 0 Å². The summed E-state index contributed by atoms with van der Waals surface area (Å²) in [4.78, 5) is 24.7. The smallest absolute Gasteiger partial charge is 0.415 e. The van der Waals surface area contributed by atoms with Gasteiger partial charge in [-0.05, 0) is 49.9 Å². The number of rotatable bonds is 2. The van der Waals surface area contributed by atoms with Crippen molar-refractivity contribution in [3.63, 3.8) is 0 Å². The van der Waals surface area contributed by atoms with E-state index in [1.807, 2.05) is 0 Å². The van der Waals surface area contributed by atoms with E-state index in [0.29, 0.717) is 37.9 Å². The van der Waals surface area contributed by atoms with E-state index >= 15 is 0 Å². The number of carboxylic acid groups (broad SMARTS) is 1. The van der Waals surface area contributed by atoms with E-state index in [-0.39, 0.29) is 12.0 Å². The summed E-state index contributed by atoms with van der Waals surface area (Å²) in [5.41, 5.74) is 6.51. The molecule has 2 aliphatic rings. The van der Waals surface area contributed by atoms with E-state index in [4.69, 9.17) is 15.6 Å². The molecule has 1 saturated carbocycles. The highest BCUT2D eigenvalue weighted by Gasteiger charge is 2.48. The number of amides is 1. The summed E-state index contributed by atoms with van der Waals surface area (Å²) in [7, 11) is 0. The monoisotopic (exact) mass is 290 g/mol. The maximum Gasteiger partial charge on any atom is 0.415 e. The van der Waals surface area contributed by atoms with Crippen LogP contribution in [0.15, 0.2) is 24.3 Å². The molecule has 1 aliphatic carbocycles. The predicted molar refractivity (Wildman–Crippen MR) is 77.0 cm³/mol. The summed E-state index contributed by atoms with van der Waals surface area (Å²) in [5.74, 6) is -1.08. The molecule has 0 radical (unpaired) electrons. The second kappa shape index (κ2) is 4.95. The number of anilines is 2. The molecule has 21 heavy (non-hydrogen) atoms. The molecule has 112 valence electrons. The molecule has 0 aromatic heterocycles. The summed E-state index contributed by atoms with van der Waals surface area (Å²) < 4.78 is 5.58. The Hall–Kier alpha value is -2.24. The van der Waals surface area contributed by atoms with Crippen LogP contribution in [0.5, 0.6) is 0 Å². The summed E-state index contributed by atoms with van der Waals surface area (Å²) in [6, 6.07) is 7.07. The fourth-order valence-electron chi connectivity index (χ4n) is 3.13. The number of hydrogen-bond acceptors (Lipinski definition) is 4. The molecule has 0 unspecified atom stereocenters. The van der Waals surface area contributed by atoms with Crippen LogP contribution in [0.3, 0.4) is 0 Å². The molecule has 1 aromatic carbocycles. The third-order valence-electron chi connectivity index (χ3n) is 4.42. The van der Waals surface area contributed by atoms with Crippen LogP contribution in [0.1, 0.15) is 25.7 Å². The molecule has 6 nitrogen and oxygen atoms in total. The average molecular weight is 290 g/mol. The van der Waals surface area contributed by atoms with Crippen LogP contribution in [0.2, 0.25) is 0 Å². The summed E-state index contributed by atoms with van der Waals surface area (Å²) in [6.07, 6.45) is 1.94. The zero-order valence-electron chi connectivity index (χ0n) is 11.6. The Labute approximate surface area is 122 Å². The van der Waals surface area contributed by atoms with Crippen molar-refractivity contribution >= 4 is 23.4 Å². The summed E-state index contributed by atoms with van der Waals surface area (Å²) in [6.45, 7) is 0.474. The van der Waals surface area contributed by atoms with Gasteiger partial charge < -0.3 is 15.6 Å². The van der Waals surface area contributed by atoms with Gasteiger partial charge in [-0.25, -0.2) is 4.79 Å². The number of nitrogen functional groups attached to an aromatic ring is 1.